The SMILES string of the molecule is COc1cccc(C2c3c(-c4ccccc4O)n[nH]c3C(=O)N2Cc2ccncc2)c1. The molecule has 0 fully saturated rings. The molecule has 31 heavy (non-hydrogen) atoms. The van der Waals surface area contributed by atoms with Gasteiger partial charge in [0.1, 0.15) is 22.9 Å². The van der Waals surface area contributed by atoms with Gasteiger partial charge in [0, 0.05) is 30.1 Å². The molecule has 1 amide bonds. The number of hydrogen-bond donors (Lipinski definition) is 2. The third-order valence-corrected chi connectivity index (χ3v) is 5.53. The van der Waals surface area contributed by atoms with E-state index in [0.29, 0.717) is 29.2 Å². The normalized spacial score (nSPS) is 15.2. The number of carbonyl (C=O) groups is 1. The van der Waals surface area contributed by atoms with Crippen LogP contribution in [0.3, 0.4) is 0 Å². The van der Waals surface area contributed by atoms with Crippen molar-refractivity contribution in [2.75, 3.05) is 7.11 Å². The number of benzene rings is 2. The Morgan fingerprint density at radius 3 is 2.68 bits per heavy atom. The van der Waals surface area contributed by atoms with E-state index < -0.39 is 0 Å². The van der Waals surface area contributed by atoms with E-state index in [-0.39, 0.29) is 17.7 Å². The van der Waals surface area contributed by atoms with Crippen molar-refractivity contribution in [3.8, 4) is 22.8 Å². The summed E-state index contributed by atoms with van der Waals surface area (Å²) in [6.07, 6.45) is 3.43. The summed E-state index contributed by atoms with van der Waals surface area (Å²) < 4.78 is 5.42. The number of fused-ring (bicyclic) bond motifs is 1. The van der Waals surface area contributed by atoms with Crippen LogP contribution < -0.4 is 4.74 Å². The Morgan fingerprint density at radius 2 is 1.90 bits per heavy atom. The van der Waals surface area contributed by atoms with E-state index in [4.69, 9.17) is 4.74 Å². The summed E-state index contributed by atoms with van der Waals surface area (Å²) in [4.78, 5) is 19.3. The number of ether oxygens (including phenoxy) is 1. The summed E-state index contributed by atoms with van der Waals surface area (Å²) in [5.41, 5.74) is 4.18. The van der Waals surface area contributed by atoms with Crippen LogP contribution in [0.5, 0.6) is 11.5 Å². The van der Waals surface area contributed by atoms with Crippen molar-refractivity contribution in [1.82, 2.24) is 20.1 Å². The molecule has 4 aromatic rings. The number of carbonyl (C=O) groups excluding carboxylic acids is 1. The van der Waals surface area contributed by atoms with Gasteiger partial charge in [0.25, 0.3) is 5.91 Å². The highest BCUT2D eigenvalue weighted by atomic mass is 16.5. The van der Waals surface area contributed by atoms with Crippen LogP contribution in [-0.2, 0) is 6.54 Å². The number of methoxy groups -OCH3 is 1. The highest BCUT2D eigenvalue weighted by Gasteiger charge is 2.42. The van der Waals surface area contributed by atoms with Crippen molar-refractivity contribution in [2.24, 2.45) is 0 Å². The Kier molecular flexibility index (Phi) is 4.63. The number of phenols is 1. The number of rotatable bonds is 5. The summed E-state index contributed by atoms with van der Waals surface area (Å²) in [7, 11) is 1.62. The van der Waals surface area contributed by atoms with Crippen LogP contribution in [0.25, 0.3) is 11.3 Å². The lowest BCUT2D eigenvalue weighted by Gasteiger charge is -2.26. The summed E-state index contributed by atoms with van der Waals surface area (Å²) >= 11 is 0. The zero-order chi connectivity index (χ0) is 21.4. The predicted octanol–water partition coefficient (Wildman–Crippen LogP) is 3.93. The highest BCUT2D eigenvalue weighted by Crippen LogP contribution is 2.45. The number of aromatic amines is 1. The lowest BCUT2D eigenvalue weighted by Crippen LogP contribution is -2.29. The largest absolute Gasteiger partial charge is 0.507 e. The molecule has 1 unspecified atom stereocenters. The highest BCUT2D eigenvalue weighted by molar-refractivity contribution is 6.00. The Hall–Kier alpha value is -4.13. The molecule has 1 atom stereocenters. The first-order chi connectivity index (χ1) is 15.2. The van der Waals surface area contributed by atoms with Crippen molar-refractivity contribution >= 4 is 5.91 Å². The van der Waals surface area contributed by atoms with Gasteiger partial charge < -0.3 is 14.7 Å². The lowest BCUT2D eigenvalue weighted by molar-refractivity contribution is 0.0730. The summed E-state index contributed by atoms with van der Waals surface area (Å²) in [5.74, 6) is 0.671. The lowest BCUT2D eigenvalue weighted by atomic mass is 9.95. The minimum Gasteiger partial charge on any atom is -0.507 e. The first-order valence-corrected chi connectivity index (χ1v) is 9.88. The number of H-pyrrole nitrogens is 1. The summed E-state index contributed by atoms with van der Waals surface area (Å²) in [6, 6.07) is 18.1. The van der Waals surface area contributed by atoms with Gasteiger partial charge in [-0.1, -0.05) is 24.3 Å². The Balaban J connectivity index is 1.68. The predicted molar refractivity (Wildman–Crippen MR) is 115 cm³/mol. The van der Waals surface area contributed by atoms with Crippen LogP contribution in [0.2, 0.25) is 0 Å². The first-order valence-electron chi connectivity index (χ1n) is 9.88. The number of aromatic hydroxyl groups is 1. The molecule has 7 heteroatoms. The molecular weight excluding hydrogens is 392 g/mol. The van der Waals surface area contributed by atoms with Gasteiger partial charge >= 0.3 is 0 Å². The maximum atomic E-state index is 13.4. The average Bonchev–Trinajstić information content (AvgIpc) is 3.34. The molecule has 0 aliphatic carbocycles. The fourth-order valence-electron chi connectivity index (χ4n) is 4.08. The summed E-state index contributed by atoms with van der Waals surface area (Å²) in [6.45, 7) is 0.409. The number of amides is 1. The van der Waals surface area contributed by atoms with Crippen molar-refractivity contribution in [3.05, 3.63) is 95.4 Å². The molecule has 2 N–H and O–H groups in total. The molecule has 0 saturated carbocycles. The molecule has 0 bridgehead atoms. The van der Waals surface area contributed by atoms with Gasteiger partial charge in [-0.15, -0.1) is 0 Å². The van der Waals surface area contributed by atoms with E-state index >= 15 is 0 Å². The maximum Gasteiger partial charge on any atom is 0.273 e. The molecule has 5 rings (SSSR count). The van der Waals surface area contributed by atoms with Gasteiger partial charge in [0.2, 0.25) is 0 Å². The fraction of sp³-hybridized carbons (Fsp3) is 0.125. The average molecular weight is 412 g/mol. The molecule has 154 valence electrons. The van der Waals surface area contributed by atoms with Crippen molar-refractivity contribution < 1.29 is 14.6 Å². The molecular formula is C24H20N4O3. The topological polar surface area (TPSA) is 91.3 Å². The minimum atomic E-state index is -0.390. The molecule has 1 aliphatic heterocycles. The standard InChI is InChI=1S/C24H20N4O3/c1-31-17-6-4-5-16(13-17)23-20-21(18-7-2-3-8-19(18)29)26-27-22(20)24(30)28(23)14-15-9-11-25-12-10-15/h2-13,23,29H,14H2,1H3,(H,26,27). The van der Waals surface area contributed by atoms with Gasteiger partial charge in [-0.3, -0.25) is 14.9 Å². The van der Waals surface area contributed by atoms with E-state index in [1.807, 2.05) is 42.5 Å². The van der Waals surface area contributed by atoms with Crippen LogP contribution in [0, 0.1) is 0 Å². The van der Waals surface area contributed by atoms with E-state index in [1.165, 1.54) is 0 Å². The molecule has 0 saturated heterocycles. The Bertz CT molecular complexity index is 1250. The van der Waals surface area contributed by atoms with E-state index in [2.05, 4.69) is 15.2 Å². The zero-order valence-corrected chi connectivity index (χ0v) is 16.8. The molecule has 2 aromatic heterocycles. The number of aromatic nitrogens is 3. The van der Waals surface area contributed by atoms with Crippen molar-refractivity contribution in [1.29, 1.82) is 0 Å². The minimum absolute atomic E-state index is 0.112. The fourth-order valence-corrected chi connectivity index (χ4v) is 4.08. The monoisotopic (exact) mass is 412 g/mol. The zero-order valence-electron chi connectivity index (χ0n) is 16.8. The van der Waals surface area contributed by atoms with Crippen molar-refractivity contribution in [2.45, 2.75) is 12.6 Å². The molecule has 0 spiro atoms. The Labute approximate surface area is 179 Å². The number of hydrogen-bond acceptors (Lipinski definition) is 5. The number of nitrogens with zero attached hydrogens (tertiary/aromatic N) is 3. The number of nitrogens with one attached hydrogen (secondary N) is 1. The number of para-hydroxylation sites is 1. The number of pyridine rings is 1. The van der Waals surface area contributed by atoms with E-state index in [9.17, 15) is 9.90 Å². The van der Waals surface area contributed by atoms with Gasteiger partial charge in [-0.2, -0.15) is 5.10 Å². The smallest absolute Gasteiger partial charge is 0.273 e. The van der Waals surface area contributed by atoms with Crippen molar-refractivity contribution in [3.63, 3.8) is 0 Å². The maximum absolute atomic E-state index is 13.4. The number of phenolic OH excluding ortho intramolecular Hbond substituents is 1. The first kappa shape index (κ1) is 18.9. The van der Waals surface area contributed by atoms with Gasteiger partial charge in [-0.05, 0) is 47.5 Å². The molecule has 0 radical (unpaired) electrons. The van der Waals surface area contributed by atoms with Gasteiger partial charge in [0.15, 0.2) is 0 Å². The van der Waals surface area contributed by atoms with Crippen LogP contribution in [0.15, 0.2) is 73.1 Å². The van der Waals surface area contributed by atoms with Crippen LogP contribution in [-0.4, -0.2) is 38.2 Å². The van der Waals surface area contributed by atoms with Crippen LogP contribution in [0.4, 0.5) is 0 Å². The van der Waals surface area contributed by atoms with E-state index in [1.54, 1.807) is 42.6 Å². The second-order valence-electron chi connectivity index (χ2n) is 7.35. The second kappa shape index (κ2) is 7.60. The molecule has 1 aliphatic rings. The van der Waals surface area contributed by atoms with E-state index in [0.717, 1.165) is 16.7 Å². The second-order valence-corrected chi connectivity index (χ2v) is 7.35. The molecule has 2 aromatic carbocycles. The molecule has 7 nitrogen and oxygen atoms in total. The quantitative estimate of drug-likeness (QED) is 0.518. The van der Waals surface area contributed by atoms with Crippen LogP contribution >= 0.6 is 0 Å². The third kappa shape index (κ3) is 3.20. The summed E-state index contributed by atoms with van der Waals surface area (Å²) in [5, 5.41) is 17.8. The van der Waals surface area contributed by atoms with Crippen LogP contribution in [0.1, 0.15) is 33.2 Å². The third-order valence-electron chi connectivity index (χ3n) is 5.53. The Morgan fingerprint density at radius 1 is 1.10 bits per heavy atom. The van der Waals surface area contributed by atoms with Gasteiger partial charge in [-0.25, -0.2) is 0 Å². The van der Waals surface area contributed by atoms with Gasteiger partial charge in [0.05, 0.1) is 13.2 Å². The molecule has 3 heterocycles.